The van der Waals surface area contributed by atoms with Crippen molar-refractivity contribution in [1.29, 1.82) is 0 Å². The van der Waals surface area contributed by atoms with Gasteiger partial charge < -0.3 is 0 Å². The Hall–Kier alpha value is -0.290. The molecule has 10 heteroatoms. The van der Waals surface area contributed by atoms with Gasteiger partial charge in [-0.1, -0.05) is 38.8 Å². The second-order valence-electron chi connectivity index (χ2n) is 5.12. The van der Waals surface area contributed by atoms with Gasteiger partial charge >= 0.3 is 0 Å². The van der Waals surface area contributed by atoms with Crippen molar-refractivity contribution in [3.63, 3.8) is 0 Å². The second kappa shape index (κ2) is 8.16. The minimum atomic E-state index is -3.63. The summed E-state index contributed by atoms with van der Waals surface area (Å²) < 4.78 is 27.4. The van der Waals surface area contributed by atoms with Crippen molar-refractivity contribution in [3.8, 4) is 11.1 Å². The molecule has 0 bridgehead atoms. The lowest BCUT2D eigenvalue weighted by molar-refractivity contribution is -0.385. The van der Waals surface area contributed by atoms with E-state index in [-0.39, 0.29) is 31.9 Å². The Labute approximate surface area is 178 Å². The van der Waals surface area contributed by atoms with Crippen LogP contribution in [0.25, 0.3) is 11.1 Å². The number of nitro groups is 1. The number of hydrogen-bond acceptors (Lipinski definition) is 4. The Bertz CT molecular complexity index is 960. The molecular formula is C15H11Br4NO4S. The lowest BCUT2D eigenvalue weighted by Crippen LogP contribution is -2.09. The molecule has 2 aromatic rings. The molecule has 0 heterocycles. The molecule has 0 saturated carbocycles. The Morgan fingerprint density at radius 3 is 2.00 bits per heavy atom. The first-order valence-electron chi connectivity index (χ1n) is 6.94. The molecule has 0 N–H and O–H groups in total. The van der Waals surface area contributed by atoms with Gasteiger partial charge in [-0.2, -0.15) is 0 Å². The molecule has 0 aliphatic rings. The van der Waals surface area contributed by atoms with Gasteiger partial charge in [0.2, 0.25) is 0 Å². The van der Waals surface area contributed by atoms with Crippen LogP contribution in [0.15, 0.2) is 47.1 Å². The van der Waals surface area contributed by atoms with Crippen molar-refractivity contribution in [1.82, 2.24) is 0 Å². The van der Waals surface area contributed by atoms with E-state index in [2.05, 4.69) is 63.7 Å². The molecule has 134 valence electrons. The van der Waals surface area contributed by atoms with E-state index in [1.807, 2.05) is 0 Å². The van der Waals surface area contributed by atoms with Gasteiger partial charge in [0.1, 0.15) is 0 Å². The molecular weight excluding hydrogens is 610 g/mol. The van der Waals surface area contributed by atoms with E-state index >= 15 is 0 Å². The van der Waals surface area contributed by atoms with Crippen molar-refractivity contribution in [3.05, 3.63) is 52.3 Å². The van der Waals surface area contributed by atoms with Gasteiger partial charge in [-0.25, -0.2) is 8.42 Å². The predicted octanol–water partition coefficient (Wildman–Crippen LogP) is 6.50. The standard InChI is InChI=1S/C15H11Br4NO4S/c1-2-3-25(23,24)15-11(5-9(17)7-13(15)19)10-4-8(16)6-12(18)14(10)20(21)22/h4-7H,2-3H2,1H3. The van der Waals surface area contributed by atoms with Gasteiger partial charge in [0, 0.05) is 19.0 Å². The topological polar surface area (TPSA) is 77.3 Å². The van der Waals surface area contributed by atoms with Crippen LogP contribution in [0.4, 0.5) is 5.69 Å². The monoisotopic (exact) mass is 617 g/mol. The molecule has 0 aliphatic heterocycles. The summed E-state index contributed by atoms with van der Waals surface area (Å²) in [7, 11) is -3.63. The molecule has 0 fully saturated rings. The zero-order chi connectivity index (χ0) is 18.9. The fraction of sp³-hybridized carbons (Fsp3) is 0.200. The van der Waals surface area contributed by atoms with Gasteiger partial charge in [-0.3, -0.25) is 10.1 Å². The highest BCUT2D eigenvalue weighted by molar-refractivity contribution is 9.11. The number of rotatable bonds is 5. The van der Waals surface area contributed by atoms with E-state index in [1.165, 1.54) is 0 Å². The zero-order valence-corrected chi connectivity index (χ0v) is 19.9. The zero-order valence-electron chi connectivity index (χ0n) is 12.7. The highest BCUT2D eigenvalue weighted by Gasteiger charge is 2.28. The molecule has 25 heavy (non-hydrogen) atoms. The summed E-state index contributed by atoms with van der Waals surface area (Å²) >= 11 is 13.1. The van der Waals surface area contributed by atoms with Crippen molar-refractivity contribution in [2.45, 2.75) is 18.2 Å². The van der Waals surface area contributed by atoms with Gasteiger partial charge in [0.15, 0.2) is 9.84 Å². The third kappa shape index (κ3) is 4.52. The van der Waals surface area contributed by atoms with E-state index < -0.39 is 14.8 Å². The minimum absolute atomic E-state index is 0.0469. The van der Waals surface area contributed by atoms with E-state index in [1.54, 1.807) is 31.2 Å². The predicted molar refractivity (Wildman–Crippen MR) is 112 cm³/mol. The largest absolute Gasteiger partial charge is 0.291 e. The Balaban J connectivity index is 2.97. The lowest BCUT2D eigenvalue weighted by atomic mass is 10.0. The second-order valence-corrected chi connectivity index (χ2v) is 10.7. The quantitative estimate of drug-likeness (QED) is 0.283. The fourth-order valence-corrected chi connectivity index (χ4v) is 7.34. The highest BCUT2D eigenvalue weighted by Crippen LogP contribution is 2.44. The summed E-state index contributed by atoms with van der Waals surface area (Å²) in [5.41, 5.74) is 0.285. The maximum Gasteiger partial charge on any atom is 0.291 e. The normalized spacial score (nSPS) is 11.6. The molecule has 0 saturated heterocycles. The van der Waals surface area contributed by atoms with Crippen molar-refractivity contribution in [2.75, 3.05) is 5.75 Å². The third-order valence-electron chi connectivity index (χ3n) is 3.29. The molecule has 0 spiro atoms. The summed E-state index contributed by atoms with van der Waals surface area (Å²) in [6, 6.07) is 6.29. The Morgan fingerprint density at radius 2 is 1.48 bits per heavy atom. The van der Waals surface area contributed by atoms with Crippen LogP contribution in [0.3, 0.4) is 0 Å². The Morgan fingerprint density at radius 1 is 0.960 bits per heavy atom. The van der Waals surface area contributed by atoms with Gasteiger partial charge in [-0.05, 0) is 62.5 Å². The van der Waals surface area contributed by atoms with Crippen LogP contribution in [-0.4, -0.2) is 19.1 Å². The summed E-state index contributed by atoms with van der Waals surface area (Å²) in [6.07, 6.45) is 0.439. The molecule has 0 atom stereocenters. The van der Waals surface area contributed by atoms with Gasteiger partial charge in [0.05, 0.1) is 25.6 Å². The number of sulfone groups is 1. The maximum atomic E-state index is 12.8. The Kier molecular flexibility index (Phi) is 6.86. The summed E-state index contributed by atoms with van der Waals surface area (Å²) in [4.78, 5) is 11.1. The first kappa shape index (κ1) is 21.0. The molecule has 0 aromatic heterocycles. The van der Waals surface area contributed by atoms with Crippen molar-refractivity contribution in [2.24, 2.45) is 0 Å². The van der Waals surface area contributed by atoms with E-state index in [0.29, 0.717) is 19.8 Å². The SMILES string of the molecule is CCCS(=O)(=O)c1c(Br)cc(Br)cc1-c1cc(Br)cc(Br)c1[N+](=O)[O-]. The highest BCUT2D eigenvalue weighted by atomic mass is 79.9. The van der Waals surface area contributed by atoms with Gasteiger partial charge in [-0.15, -0.1) is 0 Å². The van der Waals surface area contributed by atoms with Crippen LogP contribution in [0.1, 0.15) is 13.3 Å². The molecule has 0 radical (unpaired) electrons. The number of benzene rings is 2. The van der Waals surface area contributed by atoms with Crippen LogP contribution in [0, 0.1) is 10.1 Å². The van der Waals surface area contributed by atoms with Gasteiger partial charge in [0.25, 0.3) is 5.69 Å². The van der Waals surface area contributed by atoms with E-state index in [4.69, 9.17) is 0 Å². The van der Waals surface area contributed by atoms with E-state index in [9.17, 15) is 18.5 Å². The summed E-state index contributed by atoms with van der Waals surface area (Å²) in [5.74, 6) is -0.0524. The average Bonchev–Trinajstić information content (AvgIpc) is 2.44. The molecule has 0 aliphatic carbocycles. The fourth-order valence-electron chi connectivity index (χ4n) is 2.40. The minimum Gasteiger partial charge on any atom is -0.258 e. The van der Waals surface area contributed by atoms with Crippen molar-refractivity contribution < 1.29 is 13.3 Å². The number of hydrogen-bond donors (Lipinski definition) is 0. The first-order chi connectivity index (χ1) is 11.6. The number of nitrogens with zero attached hydrogens (tertiary/aromatic N) is 1. The smallest absolute Gasteiger partial charge is 0.258 e. The average molecular weight is 621 g/mol. The van der Waals surface area contributed by atoms with E-state index in [0.717, 1.165) is 0 Å². The van der Waals surface area contributed by atoms with Crippen LogP contribution >= 0.6 is 63.7 Å². The summed E-state index contributed by atoms with van der Waals surface area (Å²) in [6.45, 7) is 1.77. The van der Waals surface area contributed by atoms with Crippen LogP contribution in [0.2, 0.25) is 0 Å². The molecule has 5 nitrogen and oxygen atoms in total. The maximum absolute atomic E-state index is 12.8. The first-order valence-corrected chi connectivity index (χ1v) is 11.8. The molecule has 0 amide bonds. The molecule has 2 aromatic carbocycles. The summed E-state index contributed by atoms with van der Waals surface area (Å²) in [5, 5.41) is 11.6. The van der Waals surface area contributed by atoms with Crippen LogP contribution < -0.4 is 0 Å². The lowest BCUT2D eigenvalue weighted by Gasteiger charge is -2.14. The molecule has 0 unspecified atom stereocenters. The third-order valence-corrected chi connectivity index (χ3v) is 7.71. The van der Waals surface area contributed by atoms with Crippen molar-refractivity contribution >= 4 is 79.2 Å². The van der Waals surface area contributed by atoms with Crippen LogP contribution in [0.5, 0.6) is 0 Å². The van der Waals surface area contributed by atoms with Crippen LogP contribution in [-0.2, 0) is 9.84 Å². The number of nitro benzene ring substituents is 1. The molecule has 2 rings (SSSR count). The number of halogens is 4.